The molecule has 180 valence electrons. The summed E-state index contributed by atoms with van der Waals surface area (Å²) in [6, 6.07) is 5.31. The molecule has 10 nitrogen and oxygen atoms in total. The molecule has 12 heteroatoms. The molecular weight excluding hydrogens is 462 g/mol. The molecule has 0 unspecified atom stereocenters. The van der Waals surface area contributed by atoms with Crippen molar-refractivity contribution in [1.82, 2.24) is 4.90 Å². The highest BCUT2D eigenvalue weighted by atomic mass is 35.5. The number of anilines is 2. The van der Waals surface area contributed by atoms with E-state index in [0.717, 1.165) is 29.9 Å². The molecule has 0 radical (unpaired) electrons. The summed E-state index contributed by atoms with van der Waals surface area (Å²) in [6.45, 7) is 6.90. The van der Waals surface area contributed by atoms with Crippen LogP contribution < -0.4 is 10.2 Å². The zero-order chi connectivity index (χ0) is 23.9. The lowest BCUT2D eigenvalue weighted by Gasteiger charge is -2.29. The summed E-state index contributed by atoms with van der Waals surface area (Å²) in [4.78, 5) is 28.4. The number of morpholine rings is 1. The van der Waals surface area contributed by atoms with Gasteiger partial charge in [0.05, 0.1) is 36.8 Å². The molecule has 0 aromatic heterocycles. The Morgan fingerprint density at radius 2 is 1.91 bits per heavy atom. The summed E-state index contributed by atoms with van der Waals surface area (Å²) in [5.41, 5.74) is 0.495. The smallest absolute Gasteiger partial charge is 0.410 e. The van der Waals surface area contributed by atoms with Gasteiger partial charge >= 0.3 is 6.09 Å². The number of carbonyl (C=O) groups excluding carboxylic acids is 2. The Labute approximate surface area is 193 Å². The molecule has 0 bridgehead atoms. The Hall–Kier alpha value is -2.08. The van der Waals surface area contributed by atoms with Crippen molar-refractivity contribution < 1.29 is 31.7 Å². The van der Waals surface area contributed by atoms with E-state index >= 15 is 0 Å². The van der Waals surface area contributed by atoms with E-state index in [4.69, 9.17) is 25.3 Å². The Kier molecular flexibility index (Phi) is 9.14. The van der Waals surface area contributed by atoms with Crippen LogP contribution in [0, 0.1) is 0 Å². The van der Waals surface area contributed by atoms with Crippen LogP contribution in [0.4, 0.5) is 16.2 Å². The molecule has 0 aliphatic carbocycles. The normalized spacial score (nSPS) is 14.7. The van der Waals surface area contributed by atoms with Gasteiger partial charge in [-0.3, -0.25) is 13.9 Å². The largest absolute Gasteiger partial charge is 0.444 e. The molecule has 1 aliphatic heterocycles. The summed E-state index contributed by atoms with van der Waals surface area (Å²) >= 11 is 6.25. The van der Waals surface area contributed by atoms with Crippen LogP contribution in [0.3, 0.4) is 0 Å². The quantitative estimate of drug-likeness (QED) is 0.551. The number of halogens is 1. The standard InChI is InChI=1S/C20H30ClN3O7S/c1-20(2,3)31-19(26)24(9-12-30-32(4,27)28)14-18(25)22-17-13-15(5-6-16(17)21)23-7-10-29-11-8-23/h5-6,13H,7-12,14H2,1-4H3,(H,22,25). The molecule has 0 spiro atoms. The maximum atomic E-state index is 12.7. The fourth-order valence-electron chi connectivity index (χ4n) is 2.85. The predicted molar refractivity (Wildman–Crippen MR) is 122 cm³/mol. The Balaban J connectivity index is 2.08. The molecular formula is C20H30ClN3O7S. The van der Waals surface area contributed by atoms with E-state index in [1.807, 2.05) is 6.07 Å². The summed E-state index contributed by atoms with van der Waals surface area (Å²) in [5.74, 6) is -0.517. The maximum absolute atomic E-state index is 12.7. The molecule has 2 amide bonds. The van der Waals surface area contributed by atoms with Gasteiger partial charge in [0.15, 0.2) is 0 Å². The van der Waals surface area contributed by atoms with Gasteiger partial charge in [-0.1, -0.05) is 11.6 Å². The molecule has 0 saturated carbocycles. The minimum Gasteiger partial charge on any atom is -0.444 e. The van der Waals surface area contributed by atoms with E-state index in [9.17, 15) is 18.0 Å². The van der Waals surface area contributed by atoms with Gasteiger partial charge in [0.25, 0.3) is 10.1 Å². The number of hydrogen-bond acceptors (Lipinski definition) is 8. The summed E-state index contributed by atoms with van der Waals surface area (Å²) in [6.07, 6.45) is 0.138. The van der Waals surface area contributed by atoms with Gasteiger partial charge in [-0.15, -0.1) is 0 Å². The zero-order valence-corrected chi connectivity index (χ0v) is 20.3. The molecule has 1 heterocycles. The third-order valence-electron chi connectivity index (χ3n) is 4.25. The minimum atomic E-state index is -3.69. The first-order chi connectivity index (χ1) is 14.8. The van der Waals surface area contributed by atoms with Crippen LogP contribution in [0.2, 0.25) is 5.02 Å². The van der Waals surface area contributed by atoms with Crippen molar-refractivity contribution >= 4 is 45.1 Å². The number of nitrogens with one attached hydrogen (secondary N) is 1. The summed E-state index contributed by atoms with van der Waals surface area (Å²) in [7, 11) is -3.69. The average Bonchev–Trinajstić information content (AvgIpc) is 2.67. The van der Waals surface area contributed by atoms with Gasteiger partial charge in [0.1, 0.15) is 12.1 Å². The van der Waals surface area contributed by atoms with Crippen molar-refractivity contribution in [2.45, 2.75) is 26.4 Å². The molecule has 1 fully saturated rings. The van der Waals surface area contributed by atoms with Crippen LogP contribution in [0.5, 0.6) is 0 Å². The molecule has 2 rings (SSSR count). The minimum absolute atomic E-state index is 0.156. The number of ether oxygens (including phenoxy) is 2. The average molecular weight is 492 g/mol. The van der Waals surface area contributed by atoms with E-state index in [2.05, 4.69) is 10.2 Å². The number of carbonyl (C=O) groups is 2. The third-order valence-corrected chi connectivity index (χ3v) is 5.17. The maximum Gasteiger partial charge on any atom is 0.410 e. The van der Waals surface area contributed by atoms with Gasteiger partial charge in [0, 0.05) is 25.3 Å². The predicted octanol–water partition coefficient (Wildman–Crippen LogP) is 2.33. The SMILES string of the molecule is CC(C)(C)OC(=O)N(CCOS(C)(=O)=O)CC(=O)Nc1cc(N2CCOCC2)ccc1Cl. The van der Waals surface area contributed by atoms with Crippen LogP contribution in [0.15, 0.2) is 18.2 Å². The highest BCUT2D eigenvalue weighted by molar-refractivity contribution is 7.85. The molecule has 32 heavy (non-hydrogen) atoms. The lowest BCUT2D eigenvalue weighted by molar-refractivity contribution is -0.117. The summed E-state index contributed by atoms with van der Waals surface area (Å²) < 4.78 is 37.8. The molecule has 1 saturated heterocycles. The first kappa shape index (κ1) is 26.2. The number of amides is 2. The second kappa shape index (κ2) is 11.2. The van der Waals surface area contributed by atoms with Crippen molar-refractivity contribution in [3.63, 3.8) is 0 Å². The van der Waals surface area contributed by atoms with E-state index < -0.39 is 27.7 Å². The Bertz CT molecular complexity index is 912. The fraction of sp³-hybridized carbons (Fsp3) is 0.600. The fourth-order valence-corrected chi connectivity index (χ4v) is 3.39. The number of nitrogens with zero attached hydrogens (tertiary/aromatic N) is 2. The second-order valence-corrected chi connectivity index (χ2v) is 10.3. The van der Waals surface area contributed by atoms with E-state index in [1.54, 1.807) is 32.9 Å². The van der Waals surface area contributed by atoms with E-state index in [0.29, 0.717) is 23.9 Å². The van der Waals surface area contributed by atoms with E-state index in [-0.39, 0.29) is 19.7 Å². The molecule has 1 aliphatic rings. The molecule has 1 aromatic rings. The van der Waals surface area contributed by atoms with Crippen LogP contribution >= 0.6 is 11.6 Å². The molecule has 1 aromatic carbocycles. The van der Waals surface area contributed by atoms with E-state index in [1.165, 1.54) is 0 Å². The third kappa shape index (κ3) is 9.19. The van der Waals surface area contributed by atoms with Gasteiger partial charge in [-0.05, 0) is 39.0 Å². The second-order valence-electron chi connectivity index (χ2n) is 8.24. The van der Waals surface area contributed by atoms with Crippen molar-refractivity contribution in [3.05, 3.63) is 23.2 Å². The molecule has 0 atom stereocenters. The van der Waals surface area contributed by atoms with Crippen LogP contribution in [0.1, 0.15) is 20.8 Å². The zero-order valence-electron chi connectivity index (χ0n) is 18.7. The number of rotatable bonds is 8. The van der Waals surface area contributed by atoms with Crippen molar-refractivity contribution in [2.24, 2.45) is 0 Å². The number of benzene rings is 1. The van der Waals surface area contributed by atoms with Gasteiger partial charge < -0.3 is 19.7 Å². The Morgan fingerprint density at radius 3 is 2.50 bits per heavy atom. The van der Waals surface area contributed by atoms with Gasteiger partial charge in [-0.25, -0.2) is 4.79 Å². The lowest BCUT2D eigenvalue weighted by atomic mass is 10.2. The van der Waals surface area contributed by atoms with Gasteiger partial charge in [0.2, 0.25) is 5.91 Å². The van der Waals surface area contributed by atoms with Crippen LogP contribution in [0.25, 0.3) is 0 Å². The van der Waals surface area contributed by atoms with Crippen LogP contribution in [-0.4, -0.2) is 83.2 Å². The van der Waals surface area contributed by atoms with Crippen molar-refractivity contribution in [1.29, 1.82) is 0 Å². The highest BCUT2D eigenvalue weighted by Crippen LogP contribution is 2.28. The number of hydrogen-bond donors (Lipinski definition) is 1. The van der Waals surface area contributed by atoms with Crippen molar-refractivity contribution in [3.8, 4) is 0 Å². The first-order valence-electron chi connectivity index (χ1n) is 10.1. The topological polar surface area (TPSA) is 114 Å². The summed E-state index contributed by atoms with van der Waals surface area (Å²) in [5, 5.41) is 3.05. The monoisotopic (exact) mass is 491 g/mol. The van der Waals surface area contributed by atoms with Crippen molar-refractivity contribution in [2.75, 3.05) is 62.5 Å². The molecule has 1 N–H and O–H groups in total. The highest BCUT2D eigenvalue weighted by Gasteiger charge is 2.25. The van der Waals surface area contributed by atoms with Gasteiger partial charge in [-0.2, -0.15) is 8.42 Å². The lowest BCUT2D eigenvalue weighted by Crippen LogP contribution is -2.43. The first-order valence-corrected chi connectivity index (χ1v) is 12.3. The Morgan fingerprint density at radius 1 is 1.25 bits per heavy atom. The van der Waals surface area contributed by atoms with Crippen LogP contribution in [-0.2, 0) is 28.6 Å².